The van der Waals surface area contributed by atoms with E-state index in [0.29, 0.717) is 11.3 Å². The van der Waals surface area contributed by atoms with Crippen molar-refractivity contribution >= 4 is 11.2 Å². The van der Waals surface area contributed by atoms with Crippen LogP contribution in [0.2, 0.25) is 0 Å². The fourth-order valence-corrected chi connectivity index (χ4v) is 2.75. The van der Waals surface area contributed by atoms with Crippen LogP contribution in [0.5, 0.6) is 0 Å². The van der Waals surface area contributed by atoms with E-state index in [1.54, 1.807) is 12.1 Å². The number of halogens is 3. The Balaban J connectivity index is 0.00000106. The maximum atomic E-state index is 12.4. The van der Waals surface area contributed by atoms with Crippen molar-refractivity contribution in [3.8, 4) is 0 Å². The summed E-state index contributed by atoms with van der Waals surface area (Å²) in [6, 6.07) is 14.0. The van der Waals surface area contributed by atoms with Crippen molar-refractivity contribution in [2.45, 2.75) is 30.7 Å². The minimum atomic E-state index is -4.32. The van der Waals surface area contributed by atoms with Crippen LogP contribution in [0.25, 0.3) is 0 Å². The Hall–Kier alpha value is -1.46. The Morgan fingerprint density at radius 2 is 1.43 bits per heavy atom. The first kappa shape index (κ1) is 17.6. The first-order chi connectivity index (χ1) is 9.97. The molecule has 0 aliphatic carbocycles. The van der Waals surface area contributed by atoms with Crippen LogP contribution in [0, 0.1) is 0 Å². The molecule has 0 amide bonds. The summed E-state index contributed by atoms with van der Waals surface area (Å²) in [5, 5.41) is 0. The Kier molecular flexibility index (Phi) is 6.78. The second kappa shape index (κ2) is 8.10. The highest BCUT2D eigenvalue weighted by Gasteiger charge is 2.30. The molecule has 0 bridgehead atoms. The molecule has 5 heteroatoms. The molecule has 0 saturated carbocycles. The third kappa shape index (κ3) is 5.44. The monoisotopic (exact) mass is 315 g/mol. The van der Waals surface area contributed by atoms with Crippen molar-refractivity contribution in [2.24, 2.45) is 0 Å². The lowest BCUT2D eigenvalue weighted by Crippen LogP contribution is -2.07. The van der Waals surface area contributed by atoms with Gasteiger partial charge in [0.25, 0.3) is 0 Å². The fraction of sp³-hybridized carbons (Fsp3) is 0.250. The summed E-state index contributed by atoms with van der Waals surface area (Å²) in [5.74, 6) is 0.322. The van der Waals surface area contributed by atoms with E-state index in [-0.39, 0.29) is 0 Å². The number of rotatable bonds is 3. The van der Waals surface area contributed by atoms with Gasteiger partial charge in [0.2, 0.25) is 0 Å². The molecule has 21 heavy (non-hydrogen) atoms. The molecule has 0 saturated heterocycles. The van der Waals surface area contributed by atoms with Gasteiger partial charge in [0, 0.05) is 5.56 Å². The van der Waals surface area contributed by atoms with Crippen LogP contribution >= 0.6 is 0 Å². The van der Waals surface area contributed by atoms with Crippen LogP contribution in [0.3, 0.4) is 0 Å². The molecule has 2 aromatic rings. The minimum absolute atomic E-state index is 0.322. The minimum Gasteiger partial charge on any atom is -0.181 e. The van der Waals surface area contributed by atoms with Crippen LogP contribution < -0.4 is 0 Å². The van der Waals surface area contributed by atoms with Gasteiger partial charge in [0.1, 0.15) is 0 Å². The van der Waals surface area contributed by atoms with Gasteiger partial charge in [-0.3, -0.25) is 0 Å². The maximum Gasteiger partial charge on any atom is 0.416 e. The molecule has 0 fully saturated rings. The predicted molar refractivity (Wildman–Crippen MR) is 81.2 cm³/mol. The zero-order valence-corrected chi connectivity index (χ0v) is 12.7. The van der Waals surface area contributed by atoms with Crippen LogP contribution in [-0.4, -0.2) is 4.55 Å². The van der Waals surface area contributed by atoms with E-state index in [4.69, 9.17) is 0 Å². The van der Waals surface area contributed by atoms with Crippen molar-refractivity contribution < 1.29 is 17.7 Å². The van der Waals surface area contributed by atoms with Gasteiger partial charge in [-0.15, -0.1) is 0 Å². The molecule has 0 spiro atoms. The quantitative estimate of drug-likeness (QED) is 0.754. The Morgan fingerprint density at radius 1 is 0.905 bits per heavy atom. The second-order valence-electron chi connectivity index (χ2n) is 4.02. The van der Waals surface area contributed by atoms with Gasteiger partial charge in [-0.05, 0) is 24.3 Å². The van der Waals surface area contributed by atoms with Crippen LogP contribution in [-0.2, 0) is 23.1 Å². The van der Waals surface area contributed by atoms with Crippen LogP contribution in [0.4, 0.5) is 13.2 Å². The standard InChI is InChI=1S/C14H12F3OS.C2H6/c15-14(16,17)12-8-6-11(7-9-12)10-19(18)13-4-2-1-3-5-13;1-2/h1-9,18H,10H2;1-2H3/q+1;. The first-order valence-corrected chi connectivity index (χ1v) is 7.93. The lowest BCUT2D eigenvalue weighted by Gasteiger charge is -2.06. The average Bonchev–Trinajstić information content (AvgIpc) is 2.50. The molecule has 0 radical (unpaired) electrons. The van der Waals surface area contributed by atoms with Gasteiger partial charge in [0.15, 0.2) is 21.8 Å². The van der Waals surface area contributed by atoms with Gasteiger partial charge in [-0.1, -0.05) is 44.2 Å². The fourth-order valence-electron chi connectivity index (χ4n) is 1.61. The Morgan fingerprint density at radius 3 is 1.90 bits per heavy atom. The summed E-state index contributed by atoms with van der Waals surface area (Å²) < 4.78 is 47.2. The van der Waals surface area contributed by atoms with E-state index in [9.17, 15) is 17.7 Å². The van der Waals surface area contributed by atoms with Gasteiger partial charge >= 0.3 is 6.18 Å². The molecule has 1 atom stereocenters. The van der Waals surface area contributed by atoms with E-state index >= 15 is 0 Å². The average molecular weight is 315 g/mol. The summed E-state index contributed by atoms with van der Waals surface area (Å²) in [6.45, 7) is 4.00. The highest BCUT2D eigenvalue weighted by atomic mass is 32.2. The van der Waals surface area contributed by atoms with E-state index in [2.05, 4.69) is 0 Å². The lowest BCUT2D eigenvalue weighted by molar-refractivity contribution is -0.137. The molecule has 0 aliphatic rings. The van der Waals surface area contributed by atoms with Gasteiger partial charge in [0.05, 0.1) is 5.56 Å². The normalized spacial score (nSPS) is 12.3. The van der Waals surface area contributed by atoms with Crippen molar-refractivity contribution in [3.63, 3.8) is 0 Å². The lowest BCUT2D eigenvalue weighted by atomic mass is 10.1. The van der Waals surface area contributed by atoms with E-state index < -0.39 is 22.9 Å². The van der Waals surface area contributed by atoms with Crippen molar-refractivity contribution in [1.82, 2.24) is 0 Å². The number of benzene rings is 2. The van der Waals surface area contributed by atoms with E-state index in [1.165, 1.54) is 12.1 Å². The van der Waals surface area contributed by atoms with Crippen molar-refractivity contribution in [2.75, 3.05) is 0 Å². The van der Waals surface area contributed by atoms with Crippen molar-refractivity contribution in [1.29, 1.82) is 0 Å². The smallest absolute Gasteiger partial charge is 0.181 e. The highest BCUT2D eigenvalue weighted by Crippen LogP contribution is 2.29. The number of hydrogen-bond acceptors (Lipinski definition) is 1. The van der Waals surface area contributed by atoms with Gasteiger partial charge in [-0.25, -0.2) is 0 Å². The Bertz CT molecular complexity index is 523. The number of hydrogen-bond donors (Lipinski definition) is 1. The molecule has 0 aromatic heterocycles. The van der Waals surface area contributed by atoms with Gasteiger partial charge in [-0.2, -0.15) is 17.7 Å². The first-order valence-electron chi connectivity index (χ1n) is 6.58. The molecule has 1 N–H and O–H groups in total. The maximum absolute atomic E-state index is 12.4. The highest BCUT2D eigenvalue weighted by molar-refractivity contribution is 7.90. The predicted octanol–water partition coefficient (Wildman–Crippen LogP) is 5.38. The molecule has 1 unspecified atom stereocenters. The van der Waals surface area contributed by atoms with E-state index in [0.717, 1.165) is 17.0 Å². The zero-order valence-electron chi connectivity index (χ0n) is 11.9. The summed E-state index contributed by atoms with van der Waals surface area (Å²) in [4.78, 5) is 0.780. The second-order valence-corrected chi connectivity index (χ2v) is 5.51. The molecule has 2 aromatic carbocycles. The molecule has 0 heterocycles. The Labute approximate surface area is 126 Å². The summed E-state index contributed by atoms with van der Waals surface area (Å²) in [5.41, 5.74) is 0.0106. The third-order valence-corrected chi connectivity index (χ3v) is 4.02. The zero-order chi connectivity index (χ0) is 15.9. The van der Waals surface area contributed by atoms with Gasteiger partial charge < -0.3 is 0 Å². The molecule has 114 valence electrons. The summed E-state index contributed by atoms with van der Waals surface area (Å²) in [7, 11) is 0. The molecule has 1 nitrogen and oxygen atoms in total. The largest absolute Gasteiger partial charge is 0.416 e. The van der Waals surface area contributed by atoms with Crippen LogP contribution in [0.15, 0.2) is 59.5 Å². The van der Waals surface area contributed by atoms with Crippen LogP contribution in [0.1, 0.15) is 25.0 Å². The molecular weight excluding hydrogens is 297 g/mol. The van der Waals surface area contributed by atoms with Crippen molar-refractivity contribution in [3.05, 3.63) is 65.7 Å². The third-order valence-electron chi connectivity index (χ3n) is 2.60. The summed E-state index contributed by atoms with van der Waals surface area (Å²) >= 11 is -0.993. The molecule has 2 rings (SSSR count). The summed E-state index contributed by atoms with van der Waals surface area (Å²) in [6.07, 6.45) is -4.32. The SMILES string of the molecule is CC.O[S+](Cc1ccc(C(F)(F)F)cc1)c1ccccc1. The molecular formula is C16H18F3OS+. The number of alkyl halides is 3. The topological polar surface area (TPSA) is 20.2 Å². The van der Waals surface area contributed by atoms with E-state index in [1.807, 2.05) is 32.0 Å². The molecule has 0 aliphatic heterocycles.